The van der Waals surface area contributed by atoms with Crippen molar-refractivity contribution in [1.82, 2.24) is 0 Å². The minimum atomic E-state index is 0.673. The zero-order chi connectivity index (χ0) is 11.0. The lowest BCUT2D eigenvalue weighted by Gasteiger charge is -2.23. The van der Waals surface area contributed by atoms with E-state index in [9.17, 15) is 0 Å². The molecule has 1 aromatic carbocycles. The average molecular weight is 212 g/mol. The van der Waals surface area contributed by atoms with Gasteiger partial charge in [-0.05, 0) is 55.4 Å². The van der Waals surface area contributed by atoms with Gasteiger partial charge >= 0.3 is 0 Å². The Labute approximate surface area is 96.3 Å². The van der Waals surface area contributed by atoms with E-state index >= 15 is 0 Å². The largest absolute Gasteiger partial charge is 0.382 e. The van der Waals surface area contributed by atoms with Crippen molar-refractivity contribution in [3.05, 3.63) is 29.8 Å². The highest BCUT2D eigenvalue weighted by Crippen LogP contribution is 2.45. The van der Waals surface area contributed by atoms with Crippen LogP contribution >= 0.6 is 0 Å². The van der Waals surface area contributed by atoms with Crippen molar-refractivity contribution in [2.75, 3.05) is 5.32 Å². The van der Waals surface area contributed by atoms with Gasteiger partial charge in [-0.1, -0.05) is 6.42 Å². The number of benzene rings is 1. The van der Waals surface area contributed by atoms with Crippen molar-refractivity contribution in [2.24, 2.45) is 11.8 Å². The van der Waals surface area contributed by atoms with E-state index in [0.717, 1.165) is 23.1 Å². The first-order valence-corrected chi connectivity index (χ1v) is 6.12. The summed E-state index contributed by atoms with van der Waals surface area (Å²) in [7, 11) is 0. The normalized spacial score (nSPS) is 31.3. The van der Waals surface area contributed by atoms with Gasteiger partial charge in [0.25, 0.3) is 0 Å². The van der Waals surface area contributed by atoms with Crippen molar-refractivity contribution in [2.45, 2.75) is 31.7 Å². The lowest BCUT2D eigenvalue weighted by molar-refractivity contribution is 0.440. The molecule has 0 spiro atoms. The monoisotopic (exact) mass is 212 g/mol. The molecule has 3 unspecified atom stereocenters. The first kappa shape index (κ1) is 9.72. The van der Waals surface area contributed by atoms with E-state index in [1.165, 1.54) is 25.7 Å². The van der Waals surface area contributed by atoms with Crippen molar-refractivity contribution < 1.29 is 0 Å². The standard InChI is InChI=1S/C14H16N2/c15-9-10-2-5-13(6-3-10)16-14-8-11-1-4-12(14)7-11/h2-3,5-6,11-12,14,16H,1,4,7-8H2. The number of hydrogen-bond donors (Lipinski definition) is 1. The Balaban J connectivity index is 1.68. The molecule has 1 aromatic rings. The van der Waals surface area contributed by atoms with Gasteiger partial charge in [0, 0.05) is 11.7 Å². The van der Waals surface area contributed by atoms with Gasteiger partial charge in [0.1, 0.15) is 0 Å². The van der Waals surface area contributed by atoms with Crippen LogP contribution in [-0.4, -0.2) is 6.04 Å². The summed E-state index contributed by atoms with van der Waals surface area (Å²) >= 11 is 0. The Morgan fingerprint density at radius 3 is 2.50 bits per heavy atom. The van der Waals surface area contributed by atoms with E-state index in [4.69, 9.17) is 5.26 Å². The van der Waals surface area contributed by atoms with Crippen LogP contribution in [0.25, 0.3) is 0 Å². The number of nitriles is 1. The fraction of sp³-hybridized carbons (Fsp3) is 0.500. The molecule has 82 valence electrons. The molecule has 2 heteroatoms. The first-order valence-electron chi connectivity index (χ1n) is 6.12. The van der Waals surface area contributed by atoms with E-state index in [1.54, 1.807) is 0 Å². The summed E-state index contributed by atoms with van der Waals surface area (Å²) in [6, 6.07) is 10.6. The highest BCUT2D eigenvalue weighted by Gasteiger charge is 2.39. The van der Waals surface area contributed by atoms with Crippen LogP contribution in [0.4, 0.5) is 5.69 Å². The predicted octanol–water partition coefficient (Wildman–Crippen LogP) is 3.16. The third kappa shape index (κ3) is 1.67. The average Bonchev–Trinajstić information content (AvgIpc) is 2.92. The van der Waals surface area contributed by atoms with Gasteiger partial charge in [-0.25, -0.2) is 0 Å². The number of anilines is 1. The molecule has 3 rings (SSSR count). The van der Waals surface area contributed by atoms with Crippen molar-refractivity contribution in [3.63, 3.8) is 0 Å². The zero-order valence-corrected chi connectivity index (χ0v) is 9.32. The van der Waals surface area contributed by atoms with Crippen LogP contribution in [0.15, 0.2) is 24.3 Å². The van der Waals surface area contributed by atoms with Crippen LogP contribution in [0.3, 0.4) is 0 Å². The molecule has 2 aliphatic carbocycles. The highest BCUT2D eigenvalue weighted by molar-refractivity contribution is 5.48. The fourth-order valence-corrected chi connectivity index (χ4v) is 3.28. The number of nitrogens with one attached hydrogen (secondary N) is 1. The second-order valence-corrected chi connectivity index (χ2v) is 5.11. The molecule has 0 heterocycles. The maximum Gasteiger partial charge on any atom is 0.0991 e. The number of hydrogen-bond acceptors (Lipinski definition) is 2. The Kier molecular flexibility index (Phi) is 2.32. The third-order valence-corrected chi connectivity index (χ3v) is 4.10. The van der Waals surface area contributed by atoms with E-state index < -0.39 is 0 Å². The molecule has 2 nitrogen and oxygen atoms in total. The Morgan fingerprint density at radius 1 is 1.12 bits per heavy atom. The molecule has 0 aromatic heterocycles. The highest BCUT2D eigenvalue weighted by atomic mass is 14.9. The minimum absolute atomic E-state index is 0.673. The molecule has 2 fully saturated rings. The Bertz CT molecular complexity index is 415. The summed E-state index contributed by atoms with van der Waals surface area (Å²) in [5.41, 5.74) is 1.90. The lowest BCUT2D eigenvalue weighted by Crippen LogP contribution is -2.25. The molecule has 0 amide bonds. The van der Waals surface area contributed by atoms with Crippen LogP contribution in [0, 0.1) is 23.2 Å². The van der Waals surface area contributed by atoms with Crippen LogP contribution in [-0.2, 0) is 0 Å². The van der Waals surface area contributed by atoms with Gasteiger partial charge in [0.15, 0.2) is 0 Å². The van der Waals surface area contributed by atoms with E-state index in [2.05, 4.69) is 11.4 Å². The van der Waals surface area contributed by atoms with E-state index in [0.29, 0.717) is 6.04 Å². The van der Waals surface area contributed by atoms with Gasteiger partial charge in [-0.15, -0.1) is 0 Å². The third-order valence-electron chi connectivity index (χ3n) is 4.10. The van der Waals surface area contributed by atoms with Crippen LogP contribution in [0.5, 0.6) is 0 Å². The second-order valence-electron chi connectivity index (χ2n) is 5.11. The summed E-state index contributed by atoms with van der Waals surface area (Å²) in [6.07, 6.45) is 5.60. The summed E-state index contributed by atoms with van der Waals surface area (Å²) in [6.45, 7) is 0. The minimum Gasteiger partial charge on any atom is -0.382 e. The summed E-state index contributed by atoms with van der Waals surface area (Å²) in [4.78, 5) is 0. The maximum absolute atomic E-state index is 8.73. The molecular formula is C14H16N2. The quantitative estimate of drug-likeness (QED) is 0.817. The predicted molar refractivity (Wildman–Crippen MR) is 64.0 cm³/mol. The fourth-order valence-electron chi connectivity index (χ4n) is 3.28. The SMILES string of the molecule is N#Cc1ccc(NC2CC3CCC2C3)cc1. The van der Waals surface area contributed by atoms with E-state index in [1.807, 2.05) is 24.3 Å². The van der Waals surface area contributed by atoms with Crippen LogP contribution in [0.1, 0.15) is 31.2 Å². The number of fused-ring (bicyclic) bond motifs is 2. The maximum atomic E-state index is 8.73. The summed E-state index contributed by atoms with van der Waals surface area (Å²) < 4.78 is 0. The number of rotatable bonds is 2. The summed E-state index contributed by atoms with van der Waals surface area (Å²) in [5.74, 6) is 1.86. The topological polar surface area (TPSA) is 35.8 Å². The molecule has 3 atom stereocenters. The Morgan fingerprint density at radius 2 is 1.94 bits per heavy atom. The van der Waals surface area contributed by atoms with Crippen molar-refractivity contribution >= 4 is 5.69 Å². The van der Waals surface area contributed by atoms with Crippen molar-refractivity contribution in [3.8, 4) is 6.07 Å². The molecule has 0 aliphatic heterocycles. The molecule has 16 heavy (non-hydrogen) atoms. The van der Waals surface area contributed by atoms with Gasteiger partial charge in [0.2, 0.25) is 0 Å². The smallest absolute Gasteiger partial charge is 0.0991 e. The molecule has 0 radical (unpaired) electrons. The lowest BCUT2D eigenvalue weighted by atomic mass is 9.95. The second kappa shape index (κ2) is 3.83. The van der Waals surface area contributed by atoms with Crippen molar-refractivity contribution in [1.29, 1.82) is 5.26 Å². The molecular weight excluding hydrogens is 196 g/mol. The molecule has 2 aliphatic rings. The van der Waals surface area contributed by atoms with Gasteiger partial charge < -0.3 is 5.32 Å². The number of nitrogens with zero attached hydrogens (tertiary/aromatic N) is 1. The van der Waals surface area contributed by atoms with E-state index in [-0.39, 0.29) is 0 Å². The van der Waals surface area contributed by atoms with Gasteiger partial charge in [-0.2, -0.15) is 5.26 Å². The Hall–Kier alpha value is -1.49. The molecule has 2 bridgehead atoms. The molecule has 1 N–H and O–H groups in total. The van der Waals surface area contributed by atoms with Crippen LogP contribution in [0.2, 0.25) is 0 Å². The molecule has 0 saturated heterocycles. The van der Waals surface area contributed by atoms with Gasteiger partial charge in [0.05, 0.1) is 11.6 Å². The molecule has 2 saturated carbocycles. The van der Waals surface area contributed by atoms with Crippen LogP contribution < -0.4 is 5.32 Å². The zero-order valence-electron chi connectivity index (χ0n) is 9.32. The van der Waals surface area contributed by atoms with Gasteiger partial charge in [-0.3, -0.25) is 0 Å². The first-order chi connectivity index (χ1) is 7.85. The summed E-state index contributed by atoms with van der Waals surface area (Å²) in [5, 5.41) is 12.3.